The minimum Gasteiger partial charge on any atom is -0.374 e. The van der Waals surface area contributed by atoms with E-state index in [9.17, 15) is 0 Å². The van der Waals surface area contributed by atoms with E-state index < -0.39 is 0 Å². The van der Waals surface area contributed by atoms with Gasteiger partial charge in [0.1, 0.15) is 6.10 Å². The molecule has 2 radical (unpaired) electrons. The summed E-state index contributed by atoms with van der Waals surface area (Å²) >= 11 is 0. The molecule has 0 unspecified atom stereocenters. The molecule has 2 saturated heterocycles. The molecular weight excluding hydrogens is 129 g/mol. The van der Waals surface area contributed by atoms with Crippen LogP contribution in [-0.2, 0) is 9.47 Å². The van der Waals surface area contributed by atoms with E-state index in [4.69, 9.17) is 23.1 Å². The van der Waals surface area contributed by atoms with Gasteiger partial charge in [-0.2, -0.15) is 0 Å². The van der Waals surface area contributed by atoms with Gasteiger partial charge in [0.05, 0.1) is 26.6 Å². The van der Waals surface area contributed by atoms with Crippen molar-refractivity contribution in [3.63, 3.8) is 0 Å². The normalized spacial score (nSPS) is 53.3. The Morgan fingerprint density at radius 2 is 1.90 bits per heavy atom. The predicted octanol–water partition coefficient (Wildman–Crippen LogP) is -0.932. The standard InChI is InChI=1S/C6H10BNO2/c7-3-1-9-6-4(8)2-10-5(3)6/h3-6H,1-2,8H2/t3-,4-,5+,6+/m0/s1. The van der Waals surface area contributed by atoms with Crippen molar-refractivity contribution in [1.29, 1.82) is 0 Å². The topological polar surface area (TPSA) is 44.5 Å². The van der Waals surface area contributed by atoms with Gasteiger partial charge in [-0.1, -0.05) is 0 Å². The van der Waals surface area contributed by atoms with Crippen LogP contribution in [0.4, 0.5) is 0 Å². The molecule has 4 heteroatoms. The van der Waals surface area contributed by atoms with Crippen molar-refractivity contribution in [1.82, 2.24) is 0 Å². The van der Waals surface area contributed by atoms with Crippen molar-refractivity contribution in [3.8, 4) is 0 Å². The van der Waals surface area contributed by atoms with Gasteiger partial charge in [0.15, 0.2) is 0 Å². The van der Waals surface area contributed by atoms with E-state index in [1.54, 1.807) is 0 Å². The number of rotatable bonds is 0. The summed E-state index contributed by atoms with van der Waals surface area (Å²) in [6, 6.07) is 0.0264. The molecule has 2 N–H and O–H groups in total. The van der Waals surface area contributed by atoms with Gasteiger partial charge in [-0.3, -0.25) is 0 Å². The Hall–Kier alpha value is -0.0551. The molecule has 0 aromatic carbocycles. The SMILES string of the molecule is [B][C@H]1CO[C@H]2[C@@H]1OC[C@@H]2N. The molecule has 0 aromatic rings. The van der Waals surface area contributed by atoms with Gasteiger partial charge in [-0.15, -0.1) is 0 Å². The second-order valence-electron chi connectivity index (χ2n) is 2.92. The maximum atomic E-state index is 5.68. The third-order valence-corrected chi connectivity index (χ3v) is 2.13. The molecule has 2 aliphatic heterocycles. The zero-order valence-corrected chi connectivity index (χ0v) is 5.69. The first-order valence-corrected chi connectivity index (χ1v) is 3.53. The van der Waals surface area contributed by atoms with E-state index in [-0.39, 0.29) is 24.1 Å². The Bertz CT molecular complexity index is 128. The minimum atomic E-state index is 0.0264. The highest BCUT2D eigenvalue weighted by molar-refractivity contribution is 6.12. The first-order valence-electron chi connectivity index (χ1n) is 3.53. The van der Waals surface area contributed by atoms with Crippen LogP contribution < -0.4 is 5.73 Å². The fraction of sp³-hybridized carbons (Fsp3) is 1.00. The molecule has 2 rings (SSSR count). The Morgan fingerprint density at radius 3 is 2.60 bits per heavy atom. The Balaban J connectivity index is 2.09. The third-order valence-electron chi connectivity index (χ3n) is 2.13. The summed E-state index contributed by atoms with van der Waals surface area (Å²) in [5.74, 6) is 0.0264. The molecule has 10 heavy (non-hydrogen) atoms. The maximum absolute atomic E-state index is 5.68. The van der Waals surface area contributed by atoms with Gasteiger partial charge in [0, 0.05) is 6.61 Å². The summed E-state index contributed by atoms with van der Waals surface area (Å²) in [5.41, 5.74) is 5.68. The lowest BCUT2D eigenvalue weighted by molar-refractivity contribution is 0.0710. The van der Waals surface area contributed by atoms with Crippen LogP contribution in [0.5, 0.6) is 0 Å². The van der Waals surface area contributed by atoms with E-state index in [1.807, 2.05) is 0 Å². The second-order valence-corrected chi connectivity index (χ2v) is 2.92. The lowest BCUT2D eigenvalue weighted by atomic mass is 9.83. The zero-order valence-electron chi connectivity index (χ0n) is 5.69. The van der Waals surface area contributed by atoms with Crippen molar-refractivity contribution in [2.75, 3.05) is 13.2 Å². The summed E-state index contributed by atoms with van der Waals surface area (Å²) in [6.07, 6.45) is 0.102. The summed E-state index contributed by atoms with van der Waals surface area (Å²) in [6.45, 7) is 1.17. The average molecular weight is 139 g/mol. The highest BCUT2D eigenvalue weighted by Crippen LogP contribution is 2.31. The number of nitrogens with two attached hydrogens (primary N) is 1. The van der Waals surface area contributed by atoms with Gasteiger partial charge in [0.2, 0.25) is 0 Å². The lowest BCUT2D eigenvalue weighted by Gasteiger charge is -2.11. The monoisotopic (exact) mass is 139 g/mol. The Kier molecular flexibility index (Phi) is 1.48. The average Bonchev–Trinajstić information content (AvgIpc) is 2.41. The van der Waals surface area contributed by atoms with Gasteiger partial charge < -0.3 is 15.2 Å². The smallest absolute Gasteiger partial charge is 0.100 e. The molecule has 0 saturated carbocycles. The Labute approximate surface area is 61.3 Å². The number of fused-ring (bicyclic) bond motifs is 1. The van der Waals surface area contributed by atoms with Gasteiger partial charge in [-0.05, 0) is 5.82 Å². The first kappa shape index (κ1) is 6.64. The molecular formula is C6H10BNO2. The largest absolute Gasteiger partial charge is 0.374 e. The quantitative estimate of drug-likeness (QED) is 0.441. The second kappa shape index (κ2) is 2.22. The predicted molar refractivity (Wildman–Crippen MR) is 37.0 cm³/mol. The minimum absolute atomic E-state index is 0.0264. The summed E-state index contributed by atoms with van der Waals surface area (Å²) in [4.78, 5) is 0. The summed E-state index contributed by atoms with van der Waals surface area (Å²) in [7, 11) is 5.68. The van der Waals surface area contributed by atoms with E-state index in [1.165, 1.54) is 0 Å². The van der Waals surface area contributed by atoms with E-state index in [0.717, 1.165) is 0 Å². The molecule has 0 spiro atoms. The molecule has 2 aliphatic rings. The highest BCUT2D eigenvalue weighted by Gasteiger charge is 2.43. The van der Waals surface area contributed by atoms with Crippen LogP contribution in [0.15, 0.2) is 0 Å². The third kappa shape index (κ3) is 0.796. The molecule has 0 aliphatic carbocycles. The molecule has 0 aromatic heterocycles. The molecule has 2 fully saturated rings. The summed E-state index contributed by atoms with van der Waals surface area (Å²) in [5, 5.41) is 0. The fourth-order valence-electron chi connectivity index (χ4n) is 1.56. The van der Waals surface area contributed by atoms with Gasteiger partial charge in [-0.25, -0.2) is 0 Å². The van der Waals surface area contributed by atoms with Gasteiger partial charge >= 0.3 is 0 Å². The molecule has 54 valence electrons. The van der Waals surface area contributed by atoms with Crippen molar-refractivity contribution < 1.29 is 9.47 Å². The van der Waals surface area contributed by atoms with E-state index in [0.29, 0.717) is 13.2 Å². The van der Waals surface area contributed by atoms with Crippen LogP contribution in [0.2, 0.25) is 5.82 Å². The molecule has 2 heterocycles. The molecule has 0 bridgehead atoms. The number of ether oxygens (including phenoxy) is 2. The number of hydrogen-bond acceptors (Lipinski definition) is 3. The van der Waals surface area contributed by atoms with Gasteiger partial charge in [0.25, 0.3) is 0 Å². The van der Waals surface area contributed by atoms with E-state index in [2.05, 4.69) is 0 Å². The molecule has 3 nitrogen and oxygen atoms in total. The molecule has 0 amide bonds. The molecule has 4 atom stereocenters. The van der Waals surface area contributed by atoms with Crippen LogP contribution in [0.3, 0.4) is 0 Å². The van der Waals surface area contributed by atoms with Crippen molar-refractivity contribution >= 4 is 7.85 Å². The van der Waals surface area contributed by atoms with Crippen molar-refractivity contribution in [2.24, 2.45) is 5.73 Å². The highest BCUT2D eigenvalue weighted by atomic mass is 16.6. The fourth-order valence-corrected chi connectivity index (χ4v) is 1.56. The van der Waals surface area contributed by atoms with Crippen LogP contribution >= 0.6 is 0 Å². The Morgan fingerprint density at radius 1 is 1.20 bits per heavy atom. The zero-order chi connectivity index (χ0) is 7.14. The summed E-state index contributed by atoms with van der Waals surface area (Å²) < 4.78 is 10.7. The van der Waals surface area contributed by atoms with Crippen LogP contribution in [-0.4, -0.2) is 39.3 Å². The number of hydrogen-bond donors (Lipinski definition) is 1. The van der Waals surface area contributed by atoms with E-state index >= 15 is 0 Å². The first-order chi connectivity index (χ1) is 4.79. The maximum Gasteiger partial charge on any atom is 0.100 e. The van der Waals surface area contributed by atoms with Crippen molar-refractivity contribution in [2.45, 2.75) is 24.1 Å². The van der Waals surface area contributed by atoms with Crippen LogP contribution in [0, 0.1) is 0 Å². The van der Waals surface area contributed by atoms with Crippen LogP contribution in [0.1, 0.15) is 0 Å². The van der Waals surface area contributed by atoms with Crippen LogP contribution in [0.25, 0.3) is 0 Å². The lowest BCUT2D eigenvalue weighted by Crippen LogP contribution is -2.35. The van der Waals surface area contributed by atoms with Crippen molar-refractivity contribution in [3.05, 3.63) is 0 Å².